The summed E-state index contributed by atoms with van der Waals surface area (Å²) in [6.07, 6.45) is 2.35. The van der Waals surface area contributed by atoms with Gasteiger partial charge in [-0.2, -0.15) is 0 Å². The first-order chi connectivity index (χ1) is 10.1. The number of amidine groups is 1. The van der Waals surface area contributed by atoms with E-state index in [1.54, 1.807) is 18.5 Å². The fourth-order valence-corrected chi connectivity index (χ4v) is 1.86. The van der Waals surface area contributed by atoms with Crippen LogP contribution in [-0.2, 0) is 20.0 Å². The van der Waals surface area contributed by atoms with Crippen molar-refractivity contribution in [2.75, 3.05) is 6.54 Å². The van der Waals surface area contributed by atoms with E-state index in [1.165, 1.54) is 6.07 Å². The van der Waals surface area contributed by atoms with Gasteiger partial charge in [-0.15, -0.1) is 10.2 Å². The number of nitrogens with two attached hydrogens (primary N) is 1. The minimum Gasteiger partial charge on any atom is -0.409 e. The van der Waals surface area contributed by atoms with E-state index < -0.39 is 5.82 Å². The van der Waals surface area contributed by atoms with E-state index in [2.05, 4.69) is 20.7 Å². The highest BCUT2D eigenvalue weighted by Gasteiger charge is 2.06. The van der Waals surface area contributed by atoms with Gasteiger partial charge in [-0.1, -0.05) is 17.3 Å². The quantitative estimate of drug-likeness (QED) is 0.235. The van der Waals surface area contributed by atoms with Crippen LogP contribution < -0.4 is 11.1 Å². The van der Waals surface area contributed by atoms with Crippen molar-refractivity contribution in [1.29, 1.82) is 0 Å². The number of hydrogen-bond donors (Lipinski definition) is 3. The van der Waals surface area contributed by atoms with Crippen molar-refractivity contribution in [2.24, 2.45) is 17.9 Å². The van der Waals surface area contributed by atoms with Crippen LogP contribution >= 0.6 is 0 Å². The molecule has 0 radical (unpaired) electrons. The third-order valence-electron chi connectivity index (χ3n) is 3.10. The highest BCUT2D eigenvalue weighted by Crippen LogP contribution is 2.10. The second-order valence-electron chi connectivity index (χ2n) is 4.58. The topological polar surface area (TPSA) is 101 Å². The second kappa shape index (κ2) is 6.80. The zero-order valence-corrected chi connectivity index (χ0v) is 11.6. The zero-order chi connectivity index (χ0) is 15.2. The molecule has 7 nitrogen and oxygen atoms in total. The SMILES string of the molecule is Cn1cnnc1CCNCc1ccc(C(N)=NO)cc1F. The molecule has 1 aromatic carbocycles. The van der Waals surface area contributed by atoms with Crippen molar-refractivity contribution >= 4 is 5.84 Å². The zero-order valence-electron chi connectivity index (χ0n) is 11.6. The summed E-state index contributed by atoms with van der Waals surface area (Å²) >= 11 is 0. The Hall–Kier alpha value is -2.48. The first-order valence-corrected chi connectivity index (χ1v) is 6.41. The number of aryl methyl sites for hydroxylation is 1. The van der Waals surface area contributed by atoms with E-state index in [0.29, 0.717) is 30.6 Å². The first-order valence-electron chi connectivity index (χ1n) is 6.41. The monoisotopic (exact) mass is 292 g/mol. The van der Waals surface area contributed by atoms with E-state index >= 15 is 0 Å². The molecule has 1 heterocycles. The Morgan fingerprint density at radius 3 is 2.95 bits per heavy atom. The van der Waals surface area contributed by atoms with Gasteiger partial charge in [-0.25, -0.2) is 4.39 Å². The molecule has 2 rings (SSSR count). The molecule has 0 aliphatic heterocycles. The first kappa shape index (κ1) is 14.9. The van der Waals surface area contributed by atoms with E-state index in [1.807, 2.05) is 11.6 Å². The lowest BCUT2D eigenvalue weighted by Crippen LogP contribution is -2.19. The van der Waals surface area contributed by atoms with Crippen LogP contribution in [0.2, 0.25) is 0 Å². The predicted octanol–water partition coefficient (Wildman–Crippen LogP) is 0.381. The third-order valence-corrected chi connectivity index (χ3v) is 3.10. The minimum atomic E-state index is -0.398. The number of oxime groups is 1. The van der Waals surface area contributed by atoms with Crippen LogP contribution in [0, 0.1) is 5.82 Å². The van der Waals surface area contributed by atoms with Crippen molar-refractivity contribution in [3.8, 4) is 0 Å². The summed E-state index contributed by atoms with van der Waals surface area (Å²) in [5.41, 5.74) is 6.27. The van der Waals surface area contributed by atoms with Crippen LogP contribution in [0.4, 0.5) is 4.39 Å². The highest BCUT2D eigenvalue weighted by atomic mass is 19.1. The maximum Gasteiger partial charge on any atom is 0.170 e. The molecule has 0 bridgehead atoms. The number of nitrogens with one attached hydrogen (secondary N) is 1. The largest absolute Gasteiger partial charge is 0.409 e. The molecule has 0 fully saturated rings. The summed E-state index contributed by atoms with van der Waals surface area (Å²) in [5, 5.41) is 22.3. The Morgan fingerprint density at radius 1 is 1.52 bits per heavy atom. The summed E-state index contributed by atoms with van der Waals surface area (Å²) in [6.45, 7) is 1.05. The molecule has 0 aliphatic rings. The number of benzene rings is 1. The van der Waals surface area contributed by atoms with Crippen molar-refractivity contribution in [1.82, 2.24) is 20.1 Å². The lowest BCUT2D eigenvalue weighted by atomic mass is 10.1. The van der Waals surface area contributed by atoms with E-state index in [0.717, 1.165) is 5.82 Å². The molecule has 1 aromatic heterocycles. The molecule has 0 amide bonds. The molecule has 0 unspecified atom stereocenters. The summed E-state index contributed by atoms with van der Waals surface area (Å²) in [7, 11) is 1.88. The summed E-state index contributed by atoms with van der Waals surface area (Å²) in [6, 6.07) is 4.46. The number of nitrogens with zero attached hydrogens (tertiary/aromatic N) is 4. The molecular formula is C13H17FN6O. The average molecular weight is 292 g/mol. The van der Waals surface area contributed by atoms with Crippen LogP contribution in [0.1, 0.15) is 17.0 Å². The van der Waals surface area contributed by atoms with Gasteiger partial charge in [0.2, 0.25) is 0 Å². The van der Waals surface area contributed by atoms with E-state index in [-0.39, 0.29) is 5.84 Å². The van der Waals surface area contributed by atoms with Gasteiger partial charge in [0.25, 0.3) is 0 Å². The molecule has 4 N–H and O–H groups in total. The maximum atomic E-state index is 13.9. The fraction of sp³-hybridized carbons (Fsp3) is 0.308. The lowest BCUT2D eigenvalue weighted by molar-refractivity contribution is 0.318. The van der Waals surface area contributed by atoms with E-state index in [9.17, 15) is 4.39 Å². The van der Waals surface area contributed by atoms with E-state index in [4.69, 9.17) is 10.9 Å². The van der Waals surface area contributed by atoms with Crippen molar-refractivity contribution in [3.05, 3.63) is 47.3 Å². The molecule has 21 heavy (non-hydrogen) atoms. The Morgan fingerprint density at radius 2 is 2.33 bits per heavy atom. The van der Waals surface area contributed by atoms with Crippen molar-refractivity contribution < 1.29 is 9.60 Å². The standard InChI is InChI=1S/C13H17FN6O/c1-20-8-17-18-12(20)4-5-16-7-10-3-2-9(6-11(10)14)13(15)19-21/h2-3,6,8,16,21H,4-5,7H2,1H3,(H2,15,19). The summed E-state index contributed by atoms with van der Waals surface area (Å²) in [5.74, 6) is 0.353. The molecule has 112 valence electrons. The molecular weight excluding hydrogens is 275 g/mol. The Bertz CT molecular complexity index is 639. The van der Waals surface area contributed by atoms with Crippen LogP contribution in [0.3, 0.4) is 0 Å². The predicted molar refractivity (Wildman–Crippen MR) is 75.3 cm³/mol. The number of aromatic nitrogens is 3. The van der Waals surface area contributed by atoms with Crippen molar-refractivity contribution in [2.45, 2.75) is 13.0 Å². The van der Waals surface area contributed by atoms with Crippen LogP contribution in [-0.4, -0.2) is 32.4 Å². The van der Waals surface area contributed by atoms with Gasteiger partial charge in [0.1, 0.15) is 18.0 Å². The number of hydrogen-bond acceptors (Lipinski definition) is 5. The fourth-order valence-electron chi connectivity index (χ4n) is 1.86. The van der Waals surface area contributed by atoms with Gasteiger partial charge in [0.15, 0.2) is 5.84 Å². The normalized spacial score (nSPS) is 11.8. The molecule has 0 atom stereocenters. The second-order valence-corrected chi connectivity index (χ2v) is 4.58. The lowest BCUT2D eigenvalue weighted by Gasteiger charge is -2.07. The average Bonchev–Trinajstić information content (AvgIpc) is 2.89. The van der Waals surface area contributed by atoms with Crippen molar-refractivity contribution in [3.63, 3.8) is 0 Å². The van der Waals surface area contributed by atoms with Gasteiger partial charge in [0.05, 0.1) is 0 Å². The maximum absolute atomic E-state index is 13.9. The smallest absolute Gasteiger partial charge is 0.170 e. The van der Waals surface area contributed by atoms with Crippen LogP contribution in [0.15, 0.2) is 29.7 Å². The van der Waals surface area contributed by atoms with Gasteiger partial charge in [-0.3, -0.25) is 0 Å². The Balaban J connectivity index is 1.87. The van der Waals surface area contributed by atoms with Crippen LogP contribution in [0.25, 0.3) is 0 Å². The highest BCUT2D eigenvalue weighted by molar-refractivity contribution is 5.97. The summed E-state index contributed by atoms with van der Waals surface area (Å²) < 4.78 is 15.7. The molecule has 0 spiro atoms. The van der Waals surface area contributed by atoms with Crippen LogP contribution in [0.5, 0.6) is 0 Å². The Labute approximate surface area is 121 Å². The minimum absolute atomic E-state index is 0.115. The third kappa shape index (κ3) is 3.76. The molecule has 2 aromatic rings. The molecule has 8 heteroatoms. The van der Waals surface area contributed by atoms with Gasteiger partial charge in [-0.05, 0) is 6.07 Å². The van der Waals surface area contributed by atoms with Gasteiger partial charge >= 0.3 is 0 Å². The molecule has 0 saturated heterocycles. The summed E-state index contributed by atoms with van der Waals surface area (Å²) in [4.78, 5) is 0. The number of rotatable bonds is 6. The Kier molecular flexibility index (Phi) is 4.83. The van der Waals surface area contributed by atoms with Gasteiger partial charge < -0.3 is 20.8 Å². The van der Waals surface area contributed by atoms with Gasteiger partial charge in [0, 0.05) is 37.7 Å². The number of halogens is 1. The molecule has 0 aliphatic carbocycles. The molecule has 0 saturated carbocycles.